The molecule has 1 fully saturated rings. The summed E-state index contributed by atoms with van der Waals surface area (Å²) in [5.41, 5.74) is 1.09. The fourth-order valence-electron chi connectivity index (χ4n) is 3.64. The summed E-state index contributed by atoms with van der Waals surface area (Å²) in [6.07, 6.45) is 3.49. The van der Waals surface area contributed by atoms with Crippen molar-refractivity contribution in [1.82, 2.24) is 15.5 Å². The fraction of sp³-hybridized carbons (Fsp3) is 0.400. The SMILES string of the molecule is O=C(CN1CCCC1c1ccc2c(c1)OCCO2)NC(=O)NCc1ccco1. The van der Waals surface area contributed by atoms with E-state index in [9.17, 15) is 9.59 Å². The second-order valence-electron chi connectivity index (χ2n) is 6.84. The number of urea groups is 1. The number of imide groups is 1. The molecule has 1 atom stereocenters. The molecule has 28 heavy (non-hydrogen) atoms. The van der Waals surface area contributed by atoms with Crippen LogP contribution in [0.5, 0.6) is 11.5 Å². The number of rotatable bonds is 5. The van der Waals surface area contributed by atoms with Crippen molar-refractivity contribution >= 4 is 11.9 Å². The van der Waals surface area contributed by atoms with Crippen LogP contribution in [0.3, 0.4) is 0 Å². The Bertz CT molecular complexity index is 836. The van der Waals surface area contributed by atoms with Crippen molar-refractivity contribution in [1.29, 1.82) is 0 Å². The molecule has 0 aliphatic carbocycles. The van der Waals surface area contributed by atoms with E-state index in [1.165, 1.54) is 6.26 Å². The van der Waals surface area contributed by atoms with Crippen molar-refractivity contribution in [2.75, 3.05) is 26.3 Å². The normalized spacial score (nSPS) is 18.6. The molecule has 3 heterocycles. The highest BCUT2D eigenvalue weighted by Gasteiger charge is 2.29. The second kappa shape index (κ2) is 8.35. The number of carbonyl (C=O) groups excluding carboxylic acids is 2. The molecule has 148 valence electrons. The van der Waals surface area contributed by atoms with E-state index >= 15 is 0 Å². The lowest BCUT2D eigenvalue weighted by Crippen LogP contribution is -2.44. The van der Waals surface area contributed by atoms with E-state index in [2.05, 4.69) is 15.5 Å². The summed E-state index contributed by atoms with van der Waals surface area (Å²) in [5.74, 6) is 1.80. The van der Waals surface area contributed by atoms with Gasteiger partial charge in [-0.3, -0.25) is 15.0 Å². The molecule has 0 saturated carbocycles. The molecule has 1 saturated heterocycles. The molecular formula is C20H23N3O5. The molecule has 1 unspecified atom stereocenters. The van der Waals surface area contributed by atoms with Crippen molar-refractivity contribution in [3.8, 4) is 11.5 Å². The maximum atomic E-state index is 12.3. The zero-order valence-electron chi connectivity index (χ0n) is 15.5. The van der Waals surface area contributed by atoms with E-state index in [4.69, 9.17) is 13.9 Å². The van der Waals surface area contributed by atoms with Crippen LogP contribution in [0.2, 0.25) is 0 Å². The van der Waals surface area contributed by atoms with E-state index in [0.717, 1.165) is 36.4 Å². The molecule has 2 aliphatic heterocycles. The van der Waals surface area contributed by atoms with Crippen molar-refractivity contribution in [3.05, 3.63) is 47.9 Å². The van der Waals surface area contributed by atoms with Gasteiger partial charge in [-0.25, -0.2) is 4.79 Å². The Balaban J connectivity index is 1.32. The van der Waals surface area contributed by atoms with Crippen LogP contribution in [-0.4, -0.2) is 43.1 Å². The van der Waals surface area contributed by atoms with Crippen LogP contribution in [0.15, 0.2) is 41.0 Å². The molecule has 8 heteroatoms. The van der Waals surface area contributed by atoms with Gasteiger partial charge in [0.1, 0.15) is 19.0 Å². The molecule has 2 aliphatic rings. The minimum atomic E-state index is -0.531. The van der Waals surface area contributed by atoms with E-state index in [0.29, 0.717) is 19.0 Å². The smallest absolute Gasteiger partial charge is 0.321 e. The van der Waals surface area contributed by atoms with Gasteiger partial charge in [0.2, 0.25) is 5.91 Å². The number of nitrogens with zero attached hydrogens (tertiary/aromatic N) is 1. The topological polar surface area (TPSA) is 93.0 Å². The molecule has 1 aromatic heterocycles. The Kier molecular flexibility index (Phi) is 5.48. The molecule has 4 rings (SSSR count). The van der Waals surface area contributed by atoms with Gasteiger partial charge in [0.15, 0.2) is 11.5 Å². The molecule has 2 N–H and O–H groups in total. The number of furan rings is 1. The Morgan fingerprint density at radius 3 is 2.82 bits per heavy atom. The van der Waals surface area contributed by atoms with Gasteiger partial charge in [-0.15, -0.1) is 0 Å². The van der Waals surface area contributed by atoms with Gasteiger partial charge < -0.3 is 19.2 Å². The average Bonchev–Trinajstić information content (AvgIpc) is 3.38. The van der Waals surface area contributed by atoms with E-state index in [1.807, 2.05) is 18.2 Å². The Morgan fingerprint density at radius 1 is 1.14 bits per heavy atom. The third-order valence-electron chi connectivity index (χ3n) is 4.92. The molecule has 3 amide bonds. The van der Waals surface area contributed by atoms with Crippen LogP contribution in [-0.2, 0) is 11.3 Å². The lowest BCUT2D eigenvalue weighted by Gasteiger charge is -2.26. The third kappa shape index (κ3) is 4.28. The van der Waals surface area contributed by atoms with Gasteiger partial charge in [-0.1, -0.05) is 6.07 Å². The number of benzene rings is 1. The standard InChI is InChI=1S/C20H23N3O5/c24-19(22-20(25)21-12-15-3-2-8-26-15)13-23-7-1-4-16(23)14-5-6-17-18(11-14)28-10-9-27-17/h2-3,5-6,8,11,16H,1,4,7,9-10,12-13H2,(H2,21,22,24,25). The molecule has 0 bridgehead atoms. The highest BCUT2D eigenvalue weighted by atomic mass is 16.6. The maximum Gasteiger partial charge on any atom is 0.321 e. The summed E-state index contributed by atoms with van der Waals surface area (Å²) in [7, 11) is 0. The number of ether oxygens (including phenoxy) is 2. The number of nitrogens with one attached hydrogen (secondary N) is 2. The largest absolute Gasteiger partial charge is 0.486 e. The fourth-order valence-corrected chi connectivity index (χ4v) is 3.64. The Labute approximate surface area is 162 Å². The number of carbonyl (C=O) groups is 2. The first-order chi connectivity index (χ1) is 13.7. The van der Waals surface area contributed by atoms with Crippen molar-refractivity contribution < 1.29 is 23.5 Å². The summed E-state index contributed by atoms with van der Waals surface area (Å²) in [6.45, 7) is 2.30. The van der Waals surface area contributed by atoms with Crippen molar-refractivity contribution in [2.45, 2.75) is 25.4 Å². The maximum absolute atomic E-state index is 12.3. The summed E-state index contributed by atoms with van der Waals surface area (Å²) < 4.78 is 16.4. The lowest BCUT2D eigenvalue weighted by molar-refractivity contribution is -0.121. The Morgan fingerprint density at radius 2 is 2.00 bits per heavy atom. The van der Waals surface area contributed by atoms with Crippen LogP contribution in [0, 0.1) is 0 Å². The van der Waals surface area contributed by atoms with E-state index in [1.54, 1.807) is 12.1 Å². The molecular weight excluding hydrogens is 362 g/mol. The predicted molar refractivity (Wildman–Crippen MR) is 100 cm³/mol. The summed E-state index contributed by atoms with van der Waals surface area (Å²) in [6, 6.07) is 9.01. The van der Waals surface area contributed by atoms with Gasteiger partial charge in [0.05, 0.1) is 19.4 Å². The van der Waals surface area contributed by atoms with E-state index in [-0.39, 0.29) is 25.0 Å². The Hall–Kier alpha value is -3.00. The second-order valence-corrected chi connectivity index (χ2v) is 6.84. The highest BCUT2D eigenvalue weighted by molar-refractivity contribution is 5.95. The molecule has 1 aromatic carbocycles. The summed E-state index contributed by atoms with van der Waals surface area (Å²) >= 11 is 0. The van der Waals surface area contributed by atoms with Crippen LogP contribution < -0.4 is 20.1 Å². The molecule has 0 radical (unpaired) electrons. The van der Waals surface area contributed by atoms with Crippen LogP contribution >= 0.6 is 0 Å². The average molecular weight is 385 g/mol. The number of amides is 3. The van der Waals surface area contributed by atoms with Gasteiger partial charge in [-0.2, -0.15) is 0 Å². The number of hydrogen-bond acceptors (Lipinski definition) is 6. The van der Waals surface area contributed by atoms with Crippen LogP contribution in [0.1, 0.15) is 30.2 Å². The zero-order valence-corrected chi connectivity index (χ0v) is 15.5. The predicted octanol–water partition coefficient (Wildman–Crippen LogP) is 2.21. The van der Waals surface area contributed by atoms with Crippen LogP contribution in [0.25, 0.3) is 0 Å². The minimum absolute atomic E-state index is 0.118. The number of likely N-dealkylation sites (tertiary alicyclic amines) is 1. The van der Waals surface area contributed by atoms with Gasteiger partial charge in [-0.05, 0) is 49.2 Å². The third-order valence-corrected chi connectivity index (χ3v) is 4.92. The van der Waals surface area contributed by atoms with Gasteiger partial charge in [0, 0.05) is 6.04 Å². The minimum Gasteiger partial charge on any atom is -0.486 e. The monoisotopic (exact) mass is 385 g/mol. The summed E-state index contributed by atoms with van der Waals surface area (Å²) in [5, 5.41) is 4.98. The molecule has 2 aromatic rings. The number of hydrogen-bond donors (Lipinski definition) is 2. The number of fused-ring (bicyclic) bond motifs is 1. The summed E-state index contributed by atoms with van der Waals surface area (Å²) in [4.78, 5) is 26.3. The van der Waals surface area contributed by atoms with Crippen molar-refractivity contribution in [3.63, 3.8) is 0 Å². The quantitative estimate of drug-likeness (QED) is 0.820. The highest BCUT2D eigenvalue weighted by Crippen LogP contribution is 2.37. The first-order valence-electron chi connectivity index (χ1n) is 9.43. The van der Waals surface area contributed by atoms with E-state index < -0.39 is 6.03 Å². The van der Waals surface area contributed by atoms with Crippen molar-refractivity contribution in [2.24, 2.45) is 0 Å². The van der Waals surface area contributed by atoms with Gasteiger partial charge >= 0.3 is 6.03 Å². The van der Waals surface area contributed by atoms with Crippen LogP contribution in [0.4, 0.5) is 4.79 Å². The van der Waals surface area contributed by atoms with Gasteiger partial charge in [0.25, 0.3) is 0 Å². The molecule has 8 nitrogen and oxygen atoms in total. The first-order valence-corrected chi connectivity index (χ1v) is 9.43. The lowest BCUT2D eigenvalue weighted by atomic mass is 10.0. The first kappa shape index (κ1) is 18.4. The molecule has 0 spiro atoms. The zero-order chi connectivity index (χ0) is 19.3.